The van der Waals surface area contributed by atoms with Gasteiger partial charge in [0.25, 0.3) is 5.91 Å². The lowest BCUT2D eigenvalue weighted by molar-refractivity contribution is 0.0941. The van der Waals surface area contributed by atoms with Gasteiger partial charge in [0.2, 0.25) is 0 Å². The first kappa shape index (κ1) is 13.4. The van der Waals surface area contributed by atoms with E-state index in [-0.39, 0.29) is 23.5 Å². The number of rotatable bonds is 2. The van der Waals surface area contributed by atoms with Gasteiger partial charge >= 0.3 is 0 Å². The summed E-state index contributed by atoms with van der Waals surface area (Å²) in [5, 5.41) is 2.71. The number of halogens is 1. The number of anilines is 1. The van der Waals surface area contributed by atoms with Crippen molar-refractivity contribution in [1.82, 2.24) is 5.32 Å². The van der Waals surface area contributed by atoms with Crippen LogP contribution < -0.4 is 11.1 Å². The number of nitrogens with two attached hydrogens (primary N) is 1. The number of hydrogen-bond acceptors (Lipinski definition) is 4. The van der Waals surface area contributed by atoms with E-state index in [9.17, 15) is 13.2 Å². The van der Waals surface area contributed by atoms with Gasteiger partial charge in [-0.15, -0.1) is 0 Å². The number of carbonyl (C=O) groups excluding carboxylic acids is 1. The Morgan fingerprint density at radius 3 is 2.67 bits per heavy atom. The molecule has 0 bridgehead atoms. The summed E-state index contributed by atoms with van der Waals surface area (Å²) in [5.74, 6) is -0.147. The zero-order chi connectivity index (χ0) is 13.3. The van der Waals surface area contributed by atoms with Crippen LogP contribution in [0.1, 0.15) is 16.8 Å². The summed E-state index contributed by atoms with van der Waals surface area (Å²) >= 11 is 3.26. The second-order valence-corrected chi connectivity index (χ2v) is 7.49. The summed E-state index contributed by atoms with van der Waals surface area (Å²) in [6, 6.07) is 4.60. The Kier molecular flexibility index (Phi) is 3.63. The van der Waals surface area contributed by atoms with Crippen LogP contribution in [0.15, 0.2) is 22.7 Å². The van der Waals surface area contributed by atoms with Crippen LogP contribution >= 0.6 is 15.9 Å². The van der Waals surface area contributed by atoms with Gasteiger partial charge in [-0.1, -0.05) is 15.9 Å². The van der Waals surface area contributed by atoms with Crippen molar-refractivity contribution in [2.24, 2.45) is 0 Å². The van der Waals surface area contributed by atoms with Gasteiger partial charge in [0.1, 0.15) is 0 Å². The fourth-order valence-electron chi connectivity index (χ4n) is 1.92. The number of sulfone groups is 1. The number of hydrogen-bond donors (Lipinski definition) is 2. The summed E-state index contributed by atoms with van der Waals surface area (Å²) in [6.45, 7) is 0. The Hall–Kier alpha value is -1.08. The molecule has 1 unspecified atom stereocenters. The first-order valence-corrected chi connectivity index (χ1v) is 8.04. The van der Waals surface area contributed by atoms with Gasteiger partial charge in [0, 0.05) is 21.8 Å². The number of nitrogen functional groups attached to an aromatic ring is 1. The summed E-state index contributed by atoms with van der Waals surface area (Å²) < 4.78 is 23.3. The van der Waals surface area contributed by atoms with Gasteiger partial charge in [-0.25, -0.2) is 8.42 Å². The molecule has 3 N–H and O–H groups in total. The highest BCUT2D eigenvalue weighted by molar-refractivity contribution is 9.10. The average molecular weight is 333 g/mol. The zero-order valence-corrected chi connectivity index (χ0v) is 11.9. The lowest BCUT2D eigenvalue weighted by atomic mass is 10.1. The van der Waals surface area contributed by atoms with Gasteiger partial charge < -0.3 is 11.1 Å². The third-order valence-corrected chi connectivity index (χ3v) is 4.98. The van der Waals surface area contributed by atoms with E-state index in [1.807, 2.05) is 0 Å². The molecular weight excluding hydrogens is 320 g/mol. The van der Waals surface area contributed by atoms with E-state index >= 15 is 0 Å². The normalized spacial score (nSPS) is 21.7. The summed E-state index contributed by atoms with van der Waals surface area (Å²) in [4.78, 5) is 11.9. The van der Waals surface area contributed by atoms with Crippen molar-refractivity contribution >= 4 is 37.4 Å². The maximum Gasteiger partial charge on any atom is 0.251 e. The Labute approximate surface area is 114 Å². The van der Waals surface area contributed by atoms with Crippen LogP contribution in [0.25, 0.3) is 0 Å². The molecular formula is C11H13BrN2O3S. The minimum Gasteiger partial charge on any atom is -0.399 e. The van der Waals surface area contributed by atoms with E-state index in [1.54, 1.807) is 18.2 Å². The van der Waals surface area contributed by atoms with Crippen LogP contribution in [0.2, 0.25) is 0 Å². The van der Waals surface area contributed by atoms with Crippen molar-refractivity contribution in [2.75, 3.05) is 17.2 Å². The molecule has 0 saturated carbocycles. The Morgan fingerprint density at radius 1 is 1.39 bits per heavy atom. The summed E-state index contributed by atoms with van der Waals surface area (Å²) in [7, 11) is -2.99. The smallest absolute Gasteiger partial charge is 0.251 e. The Bertz CT molecular complexity index is 566. The van der Waals surface area contributed by atoms with E-state index in [1.165, 1.54) is 0 Å². The van der Waals surface area contributed by atoms with Crippen LogP contribution in [-0.2, 0) is 9.84 Å². The van der Waals surface area contributed by atoms with E-state index in [2.05, 4.69) is 21.2 Å². The van der Waals surface area contributed by atoms with E-state index in [0.717, 1.165) is 0 Å². The van der Waals surface area contributed by atoms with E-state index in [0.29, 0.717) is 22.1 Å². The van der Waals surface area contributed by atoms with Crippen molar-refractivity contribution in [3.8, 4) is 0 Å². The molecule has 1 aliphatic rings. The molecule has 18 heavy (non-hydrogen) atoms. The monoisotopic (exact) mass is 332 g/mol. The largest absolute Gasteiger partial charge is 0.399 e. The highest BCUT2D eigenvalue weighted by Crippen LogP contribution is 2.18. The molecule has 98 valence electrons. The van der Waals surface area contributed by atoms with Gasteiger partial charge in [0.05, 0.1) is 11.5 Å². The maximum atomic E-state index is 11.9. The first-order valence-electron chi connectivity index (χ1n) is 5.43. The van der Waals surface area contributed by atoms with Gasteiger partial charge in [-0.3, -0.25) is 4.79 Å². The number of nitrogens with one attached hydrogen (secondary N) is 1. The molecule has 0 radical (unpaired) electrons. The maximum absolute atomic E-state index is 11.9. The standard InChI is InChI=1S/C11H13BrN2O3S/c12-8-3-7(4-9(13)5-8)11(15)14-10-1-2-18(16,17)6-10/h3-5,10H,1-2,6,13H2,(H,14,15). The summed E-state index contributed by atoms with van der Waals surface area (Å²) in [6.07, 6.45) is 0.470. The van der Waals surface area contributed by atoms with E-state index < -0.39 is 9.84 Å². The Balaban J connectivity index is 2.08. The highest BCUT2D eigenvalue weighted by atomic mass is 79.9. The second-order valence-electron chi connectivity index (χ2n) is 4.35. The molecule has 5 nitrogen and oxygen atoms in total. The molecule has 1 fully saturated rings. The van der Waals surface area contributed by atoms with Crippen molar-refractivity contribution < 1.29 is 13.2 Å². The average Bonchev–Trinajstić information content (AvgIpc) is 2.56. The third-order valence-electron chi connectivity index (χ3n) is 2.75. The molecule has 1 saturated heterocycles. The molecule has 1 aromatic carbocycles. The molecule has 2 rings (SSSR count). The third kappa shape index (κ3) is 3.23. The summed E-state index contributed by atoms with van der Waals surface area (Å²) in [5.41, 5.74) is 6.55. The Morgan fingerprint density at radius 2 is 2.11 bits per heavy atom. The fourth-order valence-corrected chi connectivity index (χ4v) is 4.11. The predicted molar refractivity (Wildman–Crippen MR) is 73.1 cm³/mol. The number of amides is 1. The zero-order valence-electron chi connectivity index (χ0n) is 9.52. The van der Waals surface area contributed by atoms with Gasteiger partial charge in [-0.05, 0) is 24.6 Å². The minimum atomic E-state index is -2.99. The molecule has 1 aliphatic heterocycles. The van der Waals surface area contributed by atoms with Gasteiger partial charge in [0.15, 0.2) is 9.84 Å². The van der Waals surface area contributed by atoms with Crippen LogP contribution in [-0.4, -0.2) is 31.9 Å². The molecule has 7 heteroatoms. The lowest BCUT2D eigenvalue weighted by Crippen LogP contribution is -2.35. The first-order chi connectivity index (χ1) is 8.35. The van der Waals surface area contributed by atoms with Crippen LogP contribution in [0, 0.1) is 0 Å². The molecule has 0 spiro atoms. The van der Waals surface area contributed by atoms with E-state index in [4.69, 9.17) is 5.73 Å². The predicted octanol–water partition coefficient (Wildman–Crippen LogP) is 0.948. The number of benzene rings is 1. The molecule has 0 aromatic heterocycles. The van der Waals surface area contributed by atoms with Crippen molar-refractivity contribution in [1.29, 1.82) is 0 Å². The number of carbonyl (C=O) groups is 1. The van der Waals surface area contributed by atoms with Crippen molar-refractivity contribution in [3.05, 3.63) is 28.2 Å². The molecule has 1 aromatic rings. The molecule has 1 amide bonds. The van der Waals surface area contributed by atoms with Gasteiger partial charge in [-0.2, -0.15) is 0 Å². The fraction of sp³-hybridized carbons (Fsp3) is 0.364. The highest BCUT2D eigenvalue weighted by Gasteiger charge is 2.29. The molecule has 0 aliphatic carbocycles. The van der Waals surface area contributed by atoms with Crippen LogP contribution in [0.4, 0.5) is 5.69 Å². The molecule has 1 heterocycles. The minimum absolute atomic E-state index is 0.0161. The SMILES string of the molecule is Nc1cc(Br)cc(C(=O)NC2CCS(=O)(=O)C2)c1. The topological polar surface area (TPSA) is 89.3 Å². The lowest BCUT2D eigenvalue weighted by Gasteiger charge is -2.11. The molecule has 1 atom stereocenters. The van der Waals surface area contributed by atoms with Crippen molar-refractivity contribution in [3.63, 3.8) is 0 Å². The quantitative estimate of drug-likeness (QED) is 0.789. The second kappa shape index (κ2) is 4.89. The van der Waals surface area contributed by atoms with Crippen LogP contribution in [0.3, 0.4) is 0 Å². The van der Waals surface area contributed by atoms with Crippen LogP contribution in [0.5, 0.6) is 0 Å². The van der Waals surface area contributed by atoms with Crippen molar-refractivity contribution in [2.45, 2.75) is 12.5 Å².